The number of aromatic nitrogens is 5. The maximum atomic E-state index is 13.5. The van der Waals surface area contributed by atoms with Gasteiger partial charge < -0.3 is 15.4 Å². The highest BCUT2D eigenvalue weighted by molar-refractivity contribution is 7.99. The van der Waals surface area contributed by atoms with Crippen molar-refractivity contribution in [3.8, 4) is 5.69 Å². The molecule has 9 nitrogen and oxygen atoms in total. The minimum Gasteiger partial charge on any atom is -0.480 e. The summed E-state index contributed by atoms with van der Waals surface area (Å²) in [6.45, 7) is 0. The predicted octanol–water partition coefficient (Wildman–Crippen LogP) is 2.19. The Kier molecular flexibility index (Phi) is 5.94. The van der Waals surface area contributed by atoms with Crippen molar-refractivity contribution in [3.05, 3.63) is 66.1 Å². The number of aliphatic carboxylic acids is 1. The summed E-state index contributed by atoms with van der Waals surface area (Å²) in [4.78, 5) is 27.2. The van der Waals surface area contributed by atoms with Crippen LogP contribution in [0, 0.1) is 5.82 Å². The van der Waals surface area contributed by atoms with Crippen molar-refractivity contribution in [1.29, 1.82) is 0 Å². The zero-order valence-electron chi connectivity index (χ0n) is 16.0. The quantitative estimate of drug-likeness (QED) is 0.359. The Balaban J connectivity index is 1.41. The van der Waals surface area contributed by atoms with Crippen LogP contribution in [0.15, 0.2) is 59.9 Å². The molecule has 31 heavy (non-hydrogen) atoms. The van der Waals surface area contributed by atoms with Crippen molar-refractivity contribution < 1.29 is 19.1 Å². The van der Waals surface area contributed by atoms with E-state index in [1.807, 2.05) is 24.3 Å². The van der Waals surface area contributed by atoms with Gasteiger partial charge in [0.2, 0.25) is 11.1 Å². The summed E-state index contributed by atoms with van der Waals surface area (Å²) in [5.41, 5.74) is 2.11. The molecule has 0 fully saturated rings. The zero-order chi connectivity index (χ0) is 21.8. The van der Waals surface area contributed by atoms with E-state index in [1.165, 1.54) is 22.9 Å². The van der Waals surface area contributed by atoms with Crippen molar-refractivity contribution in [2.75, 3.05) is 5.75 Å². The number of carbonyl (C=O) groups excluding carboxylic acids is 1. The number of tetrazole rings is 1. The van der Waals surface area contributed by atoms with Crippen molar-refractivity contribution in [1.82, 2.24) is 30.5 Å². The molecule has 0 saturated heterocycles. The molecule has 3 N–H and O–H groups in total. The molecular formula is C20H17FN6O3S. The van der Waals surface area contributed by atoms with Crippen molar-refractivity contribution in [2.45, 2.75) is 17.6 Å². The minimum atomic E-state index is -1.13. The summed E-state index contributed by atoms with van der Waals surface area (Å²) in [5, 5.41) is 24.5. The first-order valence-corrected chi connectivity index (χ1v) is 10.2. The number of carboxylic acid groups (broad SMARTS) is 1. The second-order valence-electron chi connectivity index (χ2n) is 6.66. The van der Waals surface area contributed by atoms with Gasteiger partial charge in [0, 0.05) is 23.5 Å². The Morgan fingerprint density at radius 2 is 2.06 bits per heavy atom. The molecule has 1 atom stereocenters. The maximum Gasteiger partial charge on any atom is 0.326 e. The number of H-pyrrole nitrogens is 1. The fourth-order valence-electron chi connectivity index (χ4n) is 3.13. The Hall–Kier alpha value is -3.73. The fraction of sp³-hybridized carbons (Fsp3) is 0.150. The molecule has 0 aliphatic rings. The van der Waals surface area contributed by atoms with Gasteiger partial charge in [-0.3, -0.25) is 4.79 Å². The van der Waals surface area contributed by atoms with Crippen molar-refractivity contribution in [3.63, 3.8) is 0 Å². The first-order valence-electron chi connectivity index (χ1n) is 9.25. The number of nitrogens with one attached hydrogen (secondary N) is 2. The van der Waals surface area contributed by atoms with Gasteiger partial charge in [-0.1, -0.05) is 36.0 Å². The number of halogens is 1. The van der Waals surface area contributed by atoms with E-state index in [-0.39, 0.29) is 17.3 Å². The number of fused-ring (bicyclic) bond motifs is 1. The third kappa shape index (κ3) is 4.72. The number of carbonyl (C=O) groups is 2. The molecule has 0 aliphatic heterocycles. The van der Waals surface area contributed by atoms with E-state index in [4.69, 9.17) is 0 Å². The van der Waals surface area contributed by atoms with E-state index in [0.29, 0.717) is 5.69 Å². The number of hydrogen-bond acceptors (Lipinski definition) is 6. The second-order valence-corrected chi connectivity index (χ2v) is 7.61. The predicted molar refractivity (Wildman–Crippen MR) is 111 cm³/mol. The molecule has 2 heterocycles. The summed E-state index contributed by atoms with van der Waals surface area (Å²) in [6.07, 6.45) is 1.88. The summed E-state index contributed by atoms with van der Waals surface area (Å²) < 4.78 is 14.8. The molecular weight excluding hydrogens is 423 g/mol. The Morgan fingerprint density at radius 3 is 2.87 bits per heavy atom. The number of carboxylic acids is 1. The standard InChI is InChI=1S/C20H17FN6O3S/c21-13-4-3-5-14(9-13)27-20(24-25-26-27)31-11-18(28)23-17(19(29)30)8-12-10-22-16-7-2-1-6-15(12)16/h1-7,9-10,17,22H,8,11H2,(H,23,28)(H,29,30)/t17-/m1/s1. The van der Waals surface area contributed by atoms with Gasteiger partial charge in [0.05, 0.1) is 11.4 Å². The normalized spacial score (nSPS) is 12.0. The lowest BCUT2D eigenvalue weighted by molar-refractivity contribution is -0.141. The summed E-state index contributed by atoms with van der Waals surface area (Å²) >= 11 is 1.02. The highest BCUT2D eigenvalue weighted by atomic mass is 32.2. The van der Waals surface area contributed by atoms with Gasteiger partial charge in [-0.15, -0.1) is 5.10 Å². The summed E-state index contributed by atoms with van der Waals surface area (Å²) in [7, 11) is 0. The lowest BCUT2D eigenvalue weighted by Crippen LogP contribution is -2.43. The van der Waals surface area contributed by atoms with Gasteiger partial charge in [0.15, 0.2) is 0 Å². The molecule has 4 aromatic rings. The number of nitrogens with zero attached hydrogens (tertiary/aromatic N) is 4. The molecule has 0 aliphatic carbocycles. The van der Waals surface area contributed by atoms with Crippen LogP contribution in [0.2, 0.25) is 0 Å². The van der Waals surface area contributed by atoms with Crippen LogP contribution in [0.4, 0.5) is 4.39 Å². The van der Waals surface area contributed by atoms with Crippen LogP contribution >= 0.6 is 11.8 Å². The smallest absolute Gasteiger partial charge is 0.326 e. The first-order chi connectivity index (χ1) is 15.0. The average molecular weight is 440 g/mol. The van der Waals surface area contributed by atoms with Crippen LogP contribution in [-0.2, 0) is 16.0 Å². The molecule has 2 aromatic heterocycles. The maximum absolute atomic E-state index is 13.5. The molecule has 0 radical (unpaired) electrons. The Morgan fingerprint density at radius 1 is 1.23 bits per heavy atom. The highest BCUT2D eigenvalue weighted by Gasteiger charge is 2.22. The largest absolute Gasteiger partial charge is 0.480 e. The van der Waals surface area contributed by atoms with Crippen LogP contribution in [0.25, 0.3) is 16.6 Å². The van der Waals surface area contributed by atoms with Crippen LogP contribution in [-0.4, -0.2) is 54.0 Å². The molecule has 0 spiro atoms. The van der Waals surface area contributed by atoms with E-state index >= 15 is 0 Å². The molecule has 11 heteroatoms. The number of para-hydroxylation sites is 1. The van der Waals surface area contributed by atoms with Gasteiger partial charge in [-0.2, -0.15) is 4.68 Å². The van der Waals surface area contributed by atoms with Crippen LogP contribution in [0.3, 0.4) is 0 Å². The number of rotatable bonds is 8. The van der Waals surface area contributed by atoms with Gasteiger partial charge >= 0.3 is 5.97 Å². The molecule has 0 bridgehead atoms. The lowest BCUT2D eigenvalue weighted by atomic mass is 10.1. The number of hydrogen-bond donors (Lipinski definition) is 3. The van der Waals surface area contributed by atoms with Crippen LogP contribution in [0.5, 0.6) is 0 Å². The molecule has 0 unspecified atom stereocenters. The van der Waals surface area contributed by atoms with E-state index < -0.39 is 23.7 Å². The third-order valence-corrected chi connectivity index (χ3v) is 5.48. The topological polar surface area (TPSA) is 126 Å². The van der Waals surface area contributed by atoms with Gasteiger partial charge in [-0.25, -0.2) is 9.18 Å². The molecule has 1 amide bonds. The number of thioether (sulfide) groups is 1. The average Bonchev–Trinajstić information content (AvgIpc) is 3.39. The van der Waals surface area contributed by atoms with Gasteiger partial charge in [0.25, 0.3) is 0 Å². The molecule has 4 rings (SSSR count). The highest BCUT2D eigenvalue weighted by Crippen LogP contribution is 2.20. The van der Waals surface area contributed by atoms with E-state index in [1.54, 1.807) is 12.3 Å². The summed E-state index contributed by atoms with van der Waals surface area (Å²) in [6, 6.07) is 12.2. The SMILES string of the molecule is O=C(CSc1nnnn1-c1cccc(F)c1)N[C@H](Cc1c[nH]c2ccccc12)C(=O)O. The van der Waals surface area contributed by atoms with E-state index in [0.717, 1.165) is 28.2 Å². The molecule has 2 aromatic carbocycles. The zero-order valence-corrected chi connectivity index (χ0v) is 16.8. The van der Waals surface area contributed by atoms with E-state index in [9.17, 15) is 19.1 Å². The summed E-state index contributed by atoms with van der Waals surface area (Å²) in [5.74, 6) is -2.16. The number of aromatic amines is 1. The monoisotopic (exact) mass is 440 g/mol. The third-order valence-electron chi connectivity index (χ3n) is 4.56. The molecule has 158 valence electrons. The van der Waals surface area contributed by atoms with Crippen molar-refractivity contribution >= 4 is 34.5 Å². The van der Waals surface area contributed by atoms with Crippen LogP contribution < -0.4 is 5.32 Å². The van der Waals surface area contributed by atoms with E-state index in [2.05, 4.69) is 25.8 Å². The Bertz CT molecular complexity index is 1240. The Labute approximate surface area is 179 Å². The number of benzene rings is 2. The van der Waals surface area contributed by atoms with Crippen molar-refractivity contribution in [2.24, 2.45) is 0 Å². The van der Waals surface area contributed by atoms with Crippen LogP contribution in [0.1, 0.15) is 5.56 Å². The first kappa shape index (κ1) is 20.5. The number of amides is 1. The van der Waals surface area contributed by atoms with Gasteiger partial charge in [0.1, 0.15) is 11.9 Å². The minimum absolute atomic E-state index is 0.104. The van der Waals surface area contributed by atoms with Gasteiger partial charge in [-0.05, 0) is 40.3 Å². The molecule has 0 saturated carbocycles. The lowest BCUT2D eigenvalue weighted by Gasteiger charge is -2.14. The fourth-order valence-corrected chi connectivity index (χ4v) is 3.83. The second kappa shape index (κ2) is 8.96.